The van der Waals surface area contributed by atoms with Crippen molar-refractivity contribution in [3.8, 4) is 11.5 Å². The van der Waals surface area contributed by atoms with Crippen LogP contribution < -0.4 is 9.47 Å². The zero-order valence-electron chi connectivity index (χ0n) is 14.8. The van der Waals surface area contributed by atoms with Crippen molar-refractivity contribution < 1.29 is 19.4 Å². The SMILES string of the molecule is CCc1ccc(C(c2ccc3c(c2)OCO3)N2CCCC(C(=O)O)C2)s1. The number of hydrogen-bond donors (Lipinski definition) is 1. The van der Waals surface area contributed by atoms with Crippen LogP contribution >= 0.6 is 11.3 Å². The number of carboxylic acids is 1. The Labute approximate surface area is 157 Å². The van der Waals surface area contributed by atoms with E-state index in [2.05, 4.69) is 30.0 Å². The molecule has 0 spiro atoms. The Morgan fingerprint density at radius 2 is 2.15 bits per heavy atom. The summed E-state index contributed by atoms with van der Waals surface area (Å²) in [6.07, 6.45) is 2.67. The average molecular weight is 373 g/mol. The van der Waals surface area contributed by atoms with E-state index in [1.54, 1.807) is 0 Å². The van der Waals surface area contributed by atoms with E-state index < -0.39 is 5.97 Å². The lowest BCUT2D eigenvalue weighted by Gasteiger charge is -2.37. The van der Waals surface area contributed by atoms with Crippen molar-refractivity contribution in [2.75, 3.05) is 19.9 Å². The summed E-state index contributed by atoms with van der Waals surface area (Å²) in [5, 5.41) is 9.49. The first-order valence-corrected chi connectivity index (χ1v) is 9.92. The first-order chi connectivity index (χ1) is 12.7. The lowest BCUT2D eigenvalue weighted by Crippen LogP contribution is -2.41. The van der Waals surface area contributed by atoms with Crippen molar-refractivity contribution >= 4 is 17.3 Å². The van der Waals surface area contributed by atoms with Gasteiger partial charge in [-0.3, -0.25) is 9.69 Å². The zero-order valence-corrected chi connectivity index (χ0v) is 15.6. The lowest BCUT2D eigenvalue weighted by atomic mass is 9.94. The van der Waals surface area contributed by atoms with Crippen molar-refractivity contribution in [3.05, 3.63) is 45.6 Å². The van der Waals surface area contributed by atoms with E-state index in [0.717, 1.165) is 42.9 Å². The number of benzene rings is 1. The second-order valence-corrected chi connectivity index (χ2v) is 8.05. The fourth-order valence-electron chi connectivity index (χ4n) is 3.81. The molecular formula is C20H23NO4S. The Balaban J connectivity index is 1.70. The van der Waals surface area contributed by atoms with Crippen LogP contribution in [0.5, 0.6) is 11.5 Å². The van der Waals surface area contributed by atoms with E-state index >= 15 is 0 Å². The van der Waals surface area contributed by atoms with E-state index in [-0.39, 0.29) is 18.8 Å². The standard InChI is InChI=1S/C20H23NO4S/c1-2-15-6-8-18(26-15)19(21-9-3-4-14(11-21)20(22)23)13-5-7-16-17(10-13)25-12-24-16/h5-8,10,14,19H,2-4,9,11-12H2,1H3,(H,22,23). The van der Waals surface area contributed by atoms with Gasteiger partial charge in [-0.2, -0.15) is 0 Å². The van der Waals surface area contributed by atoms with E-state index in [1.807, 2.05) is 23.5 Å². The van der Waals surface area contributed by atoms with Crippen LogP contribution in [0.25, 0.3) is 0 Å². The molecule has 3 heterocycles. The fourth-order valence-corrected chi connectivity index (χ4v) is 4.93. The highest BCUT2D eigenvalue weighted by Crippen LogP contribution is 2.40. The zero-order chi connectivity index (χ0) is 18.1. The molecule has 138 valence electrons. The summed E-state index contributed by atoms with van der Waals surface area (Å²) in [4.78, 5) is 16.5. The van der Waals surface area contributed by atoms with Crippen molar-refractivity contribution in [2.24, 2.45) is 5.92 Å². The van der Waals surface area contributed by atoms with Crippen molar-refractivity contribution in [1.82, 2.24) is 4.90 Å². The highest BCUT2D eigenvalue weighted by atomic mass is 32.1. The molecule has 0 saturated carbocycles. The minimum Gasteiger partial charge on any atom is -0.481 e. The quantitative estimate of drug-likeness (QED) is 0.861. The van der Waals surface area contributed by atoms with Gasteiger partial charge in [-0.05, 0) is 55.6 Å². The van der Waals surface area contributed by atoms with Gasteiger partial charge in [0.05, 0.1) is 12.0 Å². The van der Waals surface area contributed by atoms with Gasteiger partial charge in [0.2, 0.25) is 6.79 Å². The number of carbonyl (C=O) groups is 1. The maximum atomic E-state index is 11.5. The predicted molar refractivity (Wildman–Crippen MR) is 100 cm³/mol. The van der Waals surface area contributed by atoms with Gasteiger partial charge in [-0.15, -0.1) is 11.3 Å². The van der Waals surface area contributed by atoms with Crippen LogP contribution in [0, 0.1) is 5.92 Å². The van der Waals surface area contributed by atoms with Gasteiger partial charge >= 0.3 is 5.97 Å². The first kappa shape index (κ1) is 17.4. The highest BCUT2D eigenvalue weighted by molar-refractivity contribution is 7.12. The van der Waals surface area contributed by atoms with Gasteiger partial charge in [0, 0.05) is 16.3 Å². The number of thiophene rings is 1. The topological polar surface area (TPSA) is 59.0 Å². The Kier molecular flexibility index (Phi) is 4.87. The smallest absolute Gasteiger partial charge is 0.307 e. The molecule has 1 aromatic carbocycles. The van der Waals surface area contributed by atoms with Crippen LogP contribution in [0.15, 0.2) is 30.3 Å². The number of piperidine rings is 1. The fraction of sp³-hybridized carbons (Fsp3) is 0.450. The van der Waals surface area contributed by atoms with E-state index in [1.165, 1.54) is 9.75 Å². The Bertz CT molecular complexity index is 803. The molecule has 5 nitrogen and oxygen atoms in total. The van der Waals surface area contributed by atoms with Crippen LogP contribution in [0.2, 0.25) is 0 Å². The molecule has 2 aliphatic heterocycles. The average Bonchev–Trinajstić information content (AvgIpc) is 3.31. The van der Waals surface area contributed by atoms with E-state index in [9.17, 15) is 9.90 Å². The molecule has 2 unspecified atom stereocenters. The number of aryl methyl sites for hydroxylation is 1. The molecule has 26 heavy (non-hydrogen) atoms. The monoisotopic (exact) mass is 373 g/mol. The molecule has 0 amide bonds. The molecule has 1 aromatic heterocycles. The Morgan fingerprint density at radius 1 is 1.31 bits per heavy atom. The van der Waals surface area contributed by atoms with Gasteiger partial charge in [-0.25, -0.2) is 0 Å². The van der Waals surface area contributed by atoms with Crippen LogP contribution in [0.1, 0.15) is 41.1 Å². The molecule has 4 rings (SSSR count). The van der Waals surface area contributed by atoms with Crippen LogP contribution in [0.3, 0.4) is 0 Å². The molecular weight excluding hydrogens is 350 g/mol. The maximum absolute atomic E-state index is 11.5. The first-order valence-electron chi connectivity index (χ1n) is 9.10. The number of nitrogens with zero attached hydrogens (tertiary/aromatic N) is 1. The molecule has 6 heteroatoms. The lowest BCUT2D eigenvalue weighted by molar-refractivity contribution is -0.143. The number of carboxylic acid groups (broad SMARTS) is 1. The van der Waals surface area contributed by atoms with Gasteiger partial charge < -0.3 is 14.6 Å². The number of likely N-dealkylation sites (tertiary alicyclic amines) is 1. The number of rotatable bonds is 5. The number of aliphatic carboxylic acids is 1. The number of hydrogen-bond acceptors (Lipinski definition) is 5. The minimum absolute atomic E-state index is 0.0527. The maximum Gasteiger partial charge on any atom is 0.307 e. The highest BCUT2D eigenvalue weighted by Gasteiger charge is 2.32. The van der Waals surface area contributed by atoms with Crippen molar-refractivity contribution in [1.29, 1.82) is 0 Å². The summed E-state index contributed by atoms with van der Waals surface area (Å²) < 4.78 is 11.0. The third-order valence-corrected chi connectivity index (χ3v) is 6.46. The summed E-state index contributed by atoms with van der Waals surface area (Å²) in [6, 6.07) is 10.5. The predicted octanol–water partition coefficient (Wildman–Crippen LogP) is 3.93. The Morgan fingerprint density at radius 3 is 2.92 bits per heavy atom. The third kappa shape index (κ3) is 3.31. The van der Waals surface area contributed by atoms with Crippen LogP contribution in [0.4, 0.5) is 0 Å². The molecule has 1 fully saturated rings. The molecule has 2 atom stereocenters. The molecule has 0 bridgehead atoms. The van der Waals surface area contributed by atoms with Crippen molar-refractivity contribution in [3.63, 3.8) is 0 Å². The summed E-state index contributed by atoms with van der Waals surface area (Å²) in [5.41, 5.74) is 1.13. The van der Waals surface area contributed by atoms with Crippen LogP contribution in [-0.4, -0.2) is 35.9 Å². The molecule has 1 saturated heterocycles. The number of ether oxygens (including phenoxy) is 2. The normalized spacial score (nSPS) is 20.9. The molecule has 0 radical (unpaired) electrons. The van der Waals surface area contributed by atoms with Gasteiger partial charge in [0.25, 0.3) is 0 Å². The second-order valence-electron chi connectivity index (χ2n) is 6.85. The third-order valence-electron chi connectivity index (χ3n) is 5.18. The van der Waals surface area contributed by atoms with Gasteiger partial charge in [0.1, 0.15) is 0 Å². The molecule has 0 aliphatic carbocycles. The summed E-state index contributed by atoms with van der Waals surface area (Å²) in [6.45, 7) is 3.90. The summed E-state index contributed by atoms with van der Waals surface area (Å²) in [7, 11) is 0. The summed E-state index contributed by atoms with van der Waals surface area (Å²) in [5.74, 6) is 0.548. The molecule has 1 N–H and O–H groups in total. The second kappa shape index (κ2) is 7.29. The van der Waals surface area contributed by atoms with E-state index in [0.29, 0.717) is 6.54 Å². The van der Waals surface area contributed by atoms with Gasteiger partial charge in [-0.1, -0.05) is 13.0 Å². The van der Waals surface area contributed by atoms with Crippen molar-refractivity contribution in [2.45, 2.75) is 32.2 Å². The largest absolute Gasteiger partial charge is 0.481 e. The minimum atomic E-state index is -0.695. The molecule has 2 aliphatic rings. The summed E-state index contributed by atoms with van der Waals surface area (Å²) >= 11 is 1.81. The van der Waals surface area contributed by atoms with Gasteiger partial charge in [0.15, 0.2) is 11.5 Å². The van der Waals surface area contributed by atoms with E-state index in [4.69, 9.17) is 9.47 Å². The Hall–Kier alpha value is -2.05. The number of fused-ring (bicyclic) bond motifs is 1. The molecule has 2 aromatic rings. The van der Waals surface area contributed by atoms with Crippen LogP contribution in [-0.2, 0) is 11.2 Å².